The molecule has 35 heavy (non-hydrogen) atoms. The summed E-state index contributed by atoms with van der Waals surface area (Å²) in [7, 11) is 1.56. The minimum atomic E-state index is -0.819. The summed E-state index contributed by atoms with van der Waals surface area (Å²) in [5.41, 5.74) is 3.39. The number of para-hydroxylation sites is 1. The largest absolute Gasteiger partial charge is 0.496 e. The molecular formula is C27H30N2O6. The molecule has 0 aromatic heterocycles. The Morgan fingerprint density at radius 2 is 2.06 bits per heavy atom. The highest BCUT2D eigenvalue weighted by Crippen LogP contribution is 2.43. The number of amides is 2. The molecule has 184 valence electrons. The van der Waals surface area contributed by atoms with Gasteiger partial charge in [0.1, 0.15) is 12.4 Å². The Labute approximate surface area is 205 Å². The van der Waals surface area contributed by atoms with Crippen molar-refractivity contribution >= 4 is 23.4 Å². The number of benzene rings is 2. The maximum Gasteiger partial charge on any atom is 0.416 e. The molecule has 8 nitrogen and oxygen atoms in total. The Bertz CT molecular complexity index is 1140. The Morgan fingerprint density at radius 3 is 2.80 bits per heavy atom. The van der Waals surface area contributed by atoms with E-state index in [-0.39, 0.29) is 12.5 Å². The van der Waals surface area contributed by atoms with Gasteiger partial charge >= 0.3 is 6.09 Å². The molecule has 3 aliphatic heterocycles. The predicted molar refractivity (Wildman–Crippen MR) is 131 cm³/mol. The van der Waals surface area contributed by atoms with Crippen LogP contribution >= 0.6 is 0 Å². The fourth-order valence-corrected chi connectivity index (χ4v) is 5.13. The van der Waals surface area contributed by atoms with Crippen LogP contribution in [0.4, 0.5) is 16.2 Å². The summed E-state index contributed by atoms with van der Waals surface area (Å²) in [5, 5.41) is 0. The third-order valence-corrected chi connectivity index (χ3v) is 6.77. The Kier molecular flexibility index (Phi) is 6.49. The zero-order valence-corrected chi connectivity index (χ0v) is 20.1. The second kappa shape index (κ2) is 9.71. The van der Waals surface area contributed by atoms with E-state index in [2.05, 4.69) is 6.58 Å². The number of nitrogens with zero attached hydrogens (tertiary/aromatic N) is 2. The van der Waals surface area contributed by atoms with E-state index in [0.29, 0.717) is 36.4 Å². The summed E-state index contributed by atoms with van der Waals surface area (Å²) < 4.78 is 23.4. The third-order valence-electron chi connectivity index (χ3n) is 6.77. The maximum absolute atomic E-state index is 14.1. The summed E-state index contributed by atoms with van der Waals surface area (Å²) in [4.78, 5) is 30.8. The first kappa shape index (κ1) is 23.4. The van der Waals surface area contributed by atoms with Crippen LogP contribution in [0.5, 0.6) is 5.75 Å². The van der Waals surface area contributed by atoms with Gasteiger partial charge in [0.25, 0.3) is 5.91 Å². The first-order chi connectivity index (χ1) is 17.0. The summed E-state index contributed by atoms with van der Waals surface area (Å²) in [6.45, 7) is 6.16. The van der Waals surface area contributed by atoms with Crippen molar-refractivity contribution in [2.45, 2.75) is 51.2 Å². The molecule has 5 rings (SSSR count). The van der Waals surface area contributed by atoms with Crippen molar-refractivity contribution in [3.63, 3.8) is 0 Å². The number of fused-ring (bicyclic) bond motifs is 4. The SMILES string of the molecule is C=CCOC(=O)N1c2cc(C)c(OC)cc2C(=O)N2c3ccccc3C[C@H]2[C@@H]1OC1CCCCO1. The van der Waals surface area contributed by atoms with Crippen molar-refractivity contribution in [2.24, 2.45) is 0 Å². The highest BCUT2D eigenvalue weighted by Gasteiger charge is 2.49. The Hall–Kier alpha value is -3.36. The number of methoxy groups -OCH3 is 1. The van der Waals surface area contributed by atoms with E-state index in [1.807, 2.05) is 31.2 Å². The van der Waals surface area contributed by atoms with Gasteiger partial charge in [0, 0.05) is 12.3 Å². The highest BCUT2D eigenvalue weighted by atomic mass is 16.7. The standard InChI is InChI=1S/C27H30N2O6/c1-4-12-34-27(31)29-21-14-17(2)23(32-3)16-19(21)25(30)28-20-10-6-5-9-18(20)15-22(28)26(29)35-24-11-7-8-13-33-24/h4-6,9-10,14,16,22,24,26H,1,7-8,11-13,15H2,2-3H3/t22-,24?,26-/m0/s1. The average molecular weight is 479 g/mol. The van der Waals surface area contributed by atoms with Crippen molar-refractivity contribution < 1.29 is 28.5 Å². The van der Waals surface area contributed by atoms with Gasteiger partial charge in [-0.05, 0) is 61.9 Å². The molecule has 3 heterocycles. The van der Waals surface area contributed by atoms with Crippen LogP contribution in [-0.4, -0.2) is 50.9 Å². The van der Waals surface area contributed by atoms with E-state index in [1.54, 1.807) is 24.1 Å². The fraction of sp³-hybridized carbons (Fsp3) is 0.407. The smallest absolute Gasteiger partial charge is 0.416 e. The van der Waals surface area contributed by atoms with Gasteiger partial charge in [0.15, 0.2) is 12.5 Å². The van der Waals surface area contributed by atoms with Gasteiger partial charge in [-0.15, -0.1) is 0 Å². The number of anilines is 2. The molecule has 8 heteroatoms. The molecule has 3 aliphatic rings. The van der Waals surface area contributed by atoms with Crippen molar-refractivity contribution in [3.05, 3.63) is 65.7 Å². The van der Waals surface area contributed by atoms with E-state index < -0.39 is 24.7 Å². The van der Waals surface area contributed by atoms with Crippen LogP contribution in [0, 0.1) is 6.92 Å². The molecule has 1 fully saturated rings. The van der Waals surface area contributed by atoms with Gasteiger partial charge in [-0.1, -0.05) is 30.9 Å². The lowest BCUT2D eigenvalue weighted by Crippen LogP contribution is -2.55. The highest BCUT2D eigenvalue weighted by molar-refractivity contribution is 6.14. The van der Waals surface area contributed by atoms with E-state index in [0.717, 1.165) is 29.7 Å². The Morgan fingerprint density at radius 1 is 1.23 bits per heavy atom. The maximum atomic E-state index is 14.1. The molecule has 0 N–H and O–H groups in total. The van der Waals surface area contributed by atoms with E-state index in [1.165, 1.54) is 11.0 Å². The first-order valence-electron chi connectivity index (χ1n) is 12.0. The Balaban J connectivity index is 1.68. The van der Waals surface area contributed by atoms with E-state index >= 15 is 0 Å². The number of hydrogen-bond acceptors (Lipinski definition) is 6. The van der Waals surface area contributed by atoms with Crippen molar-refractivity contribution in [1.82, 2.24) is 0 Å². The number of hydrogen-bond donors (Lipinski definition) is 0. The third kappa shape index (κ3) is 4.17. The molecule has 3 atom stereocenters. The fourth-order valence-electron chi connectivity index (χ4n) is 5.13. The minimum absolute atomic E-state index is 0.0367. The second-order valence-corrected chi connectivity index (χ2v) is 8.97. The molecule has 1 saturated heterocycles. The van der Waals surface area contributed by atoms with E-state index in [4.69, 9.17) is 18.9 Å². The minimum Gasteiger partial charge on any atom is -0.496 e. The summed E-state index contributed by atoms with van der Waals surface area (Å²) in [6, 6.07) is 10.8. The summed E-state index contributed by atoms with van der Waals surface area (Å²) in [5.74, 6) is 0.348. The number of carbonyl (C=O) groups excluding carboxylic acids is 2. The zero-order valence-electron chi connectivity index (χ0n) is 20.1. The van der Waals surface area contributed by atoms with Crippen LogP contribution < -0.4 is 14.5 Å². The second-order valence-electron chi connectivity index (χ2n) is 8.97. The van der Waals surface area contributed by atoms with E-state index in [9.17, 15) is 9.59 Å². The lowest BCUT2D eigenvalue weighted by atomic mass is 10.1. The van der Waals surface area contributed by atoms with Gasteiger partial charge < -0.3 is 23.8 Å². The average Bonchev–Trinajstić information content (AvgIpc) is 3.23. The molecule has 0 bridgehead atoms. The van der Waals surface area contributed by atoms with Crippen molar-refractivity contribution in [3.8, 4) is 5.75 Å². The number of aryl methyl sites for hydroxylation is 1. The van der Waals surface area contributed by atoms with Crippen LogP contribution in [-0.2, 0) is 20.6 Å². The van der Waals surface area contributed by atoms with Gasteiger partial charge in [-0.25, -0.2) is 9.69 Å². The van der Waals surface area contributed by atoms with Crippen LogP contribution in [0.2, 0.25) is 0 Å². The van der Waals surface area contributed by atoms with Gasteiger partial charge in [0.2, 0.25) is 0 Å². The molecule has 2 aromatic rings. The lowest BCUT2D eigenvalue weighted by Gasteiger charge is -2.38. The molecule has 0 saturated carbocycles. The monoisotopic (exact) mass is 478 g/mol. The van der Waals surface area contributed by atoms with Gasteiger partial charge in [0.05, 0.1) is 24.4 Å². The normalized spacial score (nSPS) is 23.1. The predicted octanol–water partition coefficient (Wildman–Crippen LogP) is 4.59. The molecule has 2 aromatic carbocycles. The van der Waals surface area contributed by atoms with Crippen molar-refractivity contribution in [2.75, 3.05) is 30.1 Å². The molecule has 2 amide bonds. The van der Waals surface area contributed by atoms with Crippen molar-refractivity contribution in [1.29, 1.82) is 0 Å². The molecule has 0 radical (unpaired) electrons. The zero-order chi connectivity index (χ0) is 24.5. The topological polar surface area (TPSA) is 77.5 Å². The molecule has 0 spiro atoms. The summed E-state index contributed by atoms with van der Waals surface area (Å²) in [6.07, 6.45) is 2.80. The van der Waals surface area contributed by atoms with Crippen LogP contribution in [0.15, 0.2) is 49.1 Å². The van der Waals surface area contributed by atoms with Gasteiger partial charge in [-0.2, -0.15) is 0 Å². The van der Waals surface area contributed by atoms with Crippen LogP contribution in [0.25, 0.3) is 0 Å². The molecule has 1 unspecified atom stereocenters. The molecule has 0 aliphatic carbocycles. The molecular weight excluding hydrogens is 448 g/mol. The number of carbonyl (C=O) groups is 2. The first-order valence-corrected chi connectivity index (χ1v) is 12.0. The van der Waals surface area contributed by atoms with Crippen LogP contribution in [0.3, 0.4) is 0 Å². The summed E-state index contributed by atoms with van der Waals surface area (Å²) >= 11 is 0. The van der Waals surface area contributed by atoms with Crippen LogP contribution in [0.1, 0.15) is 40.7 Å². The lowest BCUT2D eigenvalue weighted by molar-refractivity contribution is -0.190. The van der Waals surface area contributed by atoms with Gasteiger partial charge in [-0.3, -0.25) is 4.79 Å². The number of rotatable bonds is 5. The number of ether oxygens (including phenoxy) is 4. The quantitative estimate of drug-likeness (QED) is 0.585.